The van der Waals surface area contributed by atoms with Crippen molar-refractivity contribution in [3.8, 4) is 50.2 Å². The zero-order valence-electron chi connectivity index (χ0n) is 31.4. The van der Waals surface area contributed by atoms with Crippen molar-refractivity contribution in [3.05, 3.63) is 224 Å². The molecule has 0 saturated heterocycles. The van der Waals surface area contributed by atoms with Gasteiger partial charge >= 0.3 is 0 Å². The van der Waals surface area contributed by atoms with Crippen LogP contribution in [0, 0.1) is 0 Å². The summed E-state index contributed by atoms with van der Waals surface area (Å²) in [4.78, 5) is 0. The van der Waals surface area contributed by atoms with E-state index >= 15 is 0 Å². The van der Waals surface area contributed by atoms with Crippen molar-refractivity contribution < 1.29 is 0 Å². The van der Waals surface area contributed by atoms with Crippen molar-refractivity contribution in [2.24, 2.45) is 0 Å². The van der Waals surface area contributed by atoms with Crippen LogP contribution in [0.2, 0.25) is 0 Å². The Morgan fingerprint density at radius 3 is 1.51 bits per heavy atom. The van der Waals surface area contributed by atoms with Crippen molar-refractivity contribution in [2.75, 3.05) is 0 Å². The van der Waals surface area contributed by atoms with E-state index < -0.39 is 0 Å². The van der Waals surface area contributed by atoms with Crippen molar-refractivity contribution in [1.82, 2.24) is 9.13 Å². The molecule has 2 aromatic heterocycles. The molecule has 0 fully saturated rings. The Bertz CT molecular complexity index is 3240. The van der Waals surface area contributed by atoms with Crippen LogP contribution in [0.4, 0.5) is 0 Å². The van der Waals surface area contributed by atoms with Gasteiger partial charge in [0.1, 0.15) is 0 Å². The SMILES string of the molecule is c1ccc(-c2cccc(-c3cccc(-c4ccccc4)c3Cn3c4ccccc4c4c(-n5c6ccccc6c6c(-c7ccccc7)cccc65)cccc43)c2)cc1. The van der Waals surface area contributed by atoms with Crippen LogP contribution in [0.5, 0.6) is 0 Å². The highest BCUT2D eigenvalue weighted by Gasteiger charge is 2.22. The Labute approximate surface area is 332 Å². The Morgan fingerprint density at radius 1 is 0.298 bits per heavy atom. The van der Waals surface area contributed by atoms with Gasteiger partial charge in [0.25, 0.3) is 0 Å². The summed E-state index contributed by atoms with van der Waals surface area (Å²) in [6.07, 6.45) is 0. The number of nitrogens with zero attached hydrogens (tertiary/aromatic N) is 2. The molecule has 2 heterocycles. The number of fused-ring (bicyclic) bond motifs is 6. The summed E-state index contributed by atoms with van der Waals surface area (Å²) >= 11 is 0. The van der Waals surface area contributed by atoms with Gasteiger partial charge in [0.15, 0.2) is 0 Å². The van der Waals surface area contributed by atoms with Gasteiger partial charge in [-0.05, 0) is 86.5 Å². The smallest absolute Gasteiger partial charge is 0.0562 e. The van der Waals surface area contributed by atoms with Gasteiger partial charge in [0.05, 0.1) is 22.2 Å². The first-order chi connectivity index (χ1) is 28.3. The van der Waals surface area contributed by atoms with Gasteiger partial charge in [0.2, 0.25) is 0 Å². The van der Waals surface area contributed by atoms with E-state index in [0.29, 0.717) is 6.54 Å². The van der Waals surface area contributed by atoms with Crippen LogP contribution in [0.15, 0.2) is 218 Å². The molecule has 0 spiro atoms. The van der Waals surface area contributed by atoms with Crippen LogP contribution in [0.1, 0.15) is 5.56 Å². The molecule has 57 heavy (non-hydrogen) atoms. The lowest BCUT2D eigenvalue weighted by Crippen LogP contribution is -2.04. The van der Waals surface area contributed by atoms with Gasteiger partial charge in [-0.2, -0.15) is 0 Å². The molecular formula is C55H38N2. The number of para-hydroxylation sites is 2. The topological polar surface area (TPSA) is 9.86 Å². The van der Waals surface area contributed by atoms with Crippen molar-refractivity contribution in [1.29, 1.82) is 0 Å². The minimum absolute atomic E-state index is 0.703. The third kappa shape index (κ3) is 5.49. The van der Waals surface area contributed by atoms with Crippen molar-refractivity contribution in [3.63, 3.8) is 0 Å². The predicted octanol–water partition coefficient (Wildman–Crippen LogP) is 14.6. The van der Waals surface area contributed by atoms with E-state index in [1.54, 1.807) is 0 Å². The molecule has 0 atom stereocenters. The summed E-state index contributed by atoms with van der Waals surface area (Å²) in [5, 5.41) is 5.04. The minimum atomic E-state index is 0.703. The third-order valence-corrected chi connectivity index (χ3v) is 11.7. The number of aromatic nitrogens is 2. The van der Waals surface area contributed by atoms with Gasteiger partial charge in [-0.1, -0.05) is 182 Å². The first-order valence-corrected chi connectivity index (χ1v) is 19.7. The van der Waals surface area contributed by atoms with Crippen LogP contribution in [-0.2, 0) is 6.54 Å². The molecular weight excluding hydrogens is 689 g/mol. The van der Waals surface area contributed by atoms with Gasteiger partial charge in [-0.3, -0.25) is 0 Å². The maximum atomic E-state index is 2.55. The Hall–Kier alpha value is -7.42. The molecule has 0 aliphatic rings. The lowest BCUT2D eigenvalue weighted by atomic mass is 9.90. The van der Waals surface area contributed by atoms with E-state index in [4.69, 9.17) is 0 Å². The van der Waals surface area contributed by atoms with Crippen LogP contribution >= 0.6 is 0 Å². The lowest BCUT2D eigenvalue weighted by molar-refractivity contribution is 0.872. The summed E-state index contributed by atoms with van der Waals surface area (Å²) in [5.74, 6) is 0. The van der Waals surface area contributed by atoms with Crippen LogP contribution in [0.3, 0.4) is 0 Å². The highest BCUT2D eigenvalue weighted by molar-refractivity contribution is 6.18. The first-order valence-electron chi connectivity index (χ1n) is 19.7. The normalized spacial score (nSPS) is 11.6. The maximum absolute atomic E-state index is 2.55. The first kappa shape index (κ1) is 33.0. The third-order valence-electron chi connectivity index (χ3n) is 11.7. The summed E-state index contributed by atoms with van der Waals surface area (Å²) in [6, 6.07) is 79.6. The zero-order chi connectivity index (χ0) is 37.7. The van der Waals surface area contributed by atoms with Gasteiger partial charge in [-0.15, -0.1) is 0 Å². The lowest BCUT2D eigenvalue weighted by Gasteiger charge is -2.19. The largest absolute Gasteiger partial charge is 0.336 e. The Balaban J connectivity index is 1.16. The highest BCUT2D eigenvalue weighted by Crippen LogP contribution is 2.43. The Kier molecular flexibility index (Phi) is 7.93. The van der Waals surface area contributed by atoms with E-state index in [0.717, 1.165) is 0 Å². The molecule has 0 N–H and O–H groups in total. The van der Waals surface area contributed by atoms with Crippen LogP contribution < -0.4 is 0 Å². The maximum Gasteiger partial charge on any atom is 0.0562 e. The molecule has 0 unspecified atom stereocenters. The zero-order valence-corrected chi connectivity index (χ0v) is 31.4. The Morgan fingerprint density at radius 2 is 0.772 bits per heavy atom. The fourth-order valence-electron chi connectivity index (χ4n) is 9.14. The van der Waals surface area contributed by atoms with Gasteiger partial charge in [0, 0.05) is 33.6 Å². The quantitative estimate of drug-likeness (QED) is 0.155. The molecule has 0 aliphatic carbocycles. The van der Waals surface area contributed by atoms with E-state index in [1.165, 1.54) is 99.4 Å². The fraction of sp³-hybridized carbons (Fsp3) is 0.0182. The molecule has 0 radical (unpaired) electrons. The number of rotatable bonds is 7. The summed E-state index contributed by atoms with van der Waals surface area (Å²) in [6.45, 7) is 0.703. The second kappa shape index (κ2) is 13.7. The molecule has 2 heteroatoms. The average Bonchev–Trinajstić information content (AvgIpc) is 3.80. The van der Waals surface area contributed by atoms with E-state index in [1.807, 2.05) is 0 Å². The molecule has 0 saturated carbocycles. The monoisotopic (exact) mass is 726 g/mol. The number of hydrogen-bond donors (Lipinski definition) is 0. The standard InChI is InChI=1S/C55H38N2/c1-4-18-38(19-5-1)41-24-14-25-42(36-41)44-29-15-28-43(39-20-6-2-7-21-39)48(44)37-56-49-31-12-10-26-46(49)55-51(56)33-17-35-53(55)57-50-32-13-11-27-47(50)54-45(30-16-34-52(54)57)40-22-8-3-9-23-40/h1-36H,37H2. The van der Waals surface area contributed by atoms with E-state index in [-0.39, 0.29) is 0 Å². The number of hydrogen-bond acceptors (Lipinski definition) is 0. The van der Waals surface area contributed by atoms with Gasteiger partial charge < -0.3 is 9.13 Å². The summed E-state index contributed by atoms with van der Waals surface area (Å²) in [5.41, 5.74) is 17.2. The fourth-order valence-corrected chi connectivity index (χ4v) is 9.14. The molecule has 268 valence electrons. The molecule has 0 aliphatic heterocycles. The van der Waals surface area contributed by atoms with E-state index in [2.05, 4.69) is 228 Å². The van der Waals surface area contributed by atoms with Gasteiger partial charge in [-0.25, -0.2) is 0 Å². The summed E-state index contributed by atoms with van der Waals surface area (Å²) in [7, 11) is 0. The van der Waals surface area contributed by atoms with Crippen molar-refractivity contribution >= 4 is 43.6 Å². The molecule has 0 bridgehead atoms. The van der Waals surface area contributed by atoms with Crippen LogP contribution in [-0.4, -0.2) is 9.13 Å². The van der Waals surface area contributed by atoms with E-state index in [9.17, 15) is 0 Å². The second-order valence-electron chi connectivity index (χ2n) is 14.8. The predicted molar refractivity (Wildman–Crippen MR) is 241 cm³/mol. The highest BCUT2D eigenvalue weighted by atomic mass is 15.0. The average molecular weight is 727 g/mol. The number of benzene rings is 9. The van der Waals surface area contributed by atoms with Crippen LogP contribution in [0.25, 0.3) is 93.8 Å². The van der Waals surface area contributed by atoms with Crippen molar-refractivity contribution in [2.45, 2.75) is 6.54 Å². The summed E-state index contributed by atoms with van der Waals surface area (Å²) < 4.78 is 5.04. The molecule has 11 aromatic rings. The molecule has 9 aromatic carbocycles. The second-order valence-corrected chi connectivity index (χ2v) is 14.8. The molecule has 0 amide bonds. The minimum Gasteiger partial charge on any atom is -0.336 e. The molecule has 2 nitrogen and oxygen atoms in total. The molecule has 11 rings (SSSR count).